The second-order valence-electron chi connectivity index (χ2n) is 6.12. The molecule has 0 aliphatic carbocycles. The number of hydrogen-bond donors (Lipinski definition) is 1. The van der Waals surface area contributed by atoms with Crippen LogP contribution in [-0.2, 0) is 15.1 Å². The Morgan fingerprint density at radius 1 is 1.21 bits per heavy atom. The Bertz CT molecular complexity index is 613. The van der Waals surface area contributed by atoms with Crippen LogP contribution in [0.3, 0.4) is 0 Å². The number of nitrogens with zero attached hydrogens (tertiary/aromatic N) is 2. The lowest BCUT2D eigenvalue weighted by Gasteiger charge is -2.30. The number of rotatable bonds is 5. The molecule has 7 nitrogen and oxygen atoms in total. The molecule has 1 aromatic carbocycles. The van der Waals surface area contributed by atoms with E-state index in [-0.39, 0.29) is 11.9 Å². The lowest BCUT2D eigenvalue weighted by molar-refractivity contribution is -0.133. The van der Waals surface area contributed by atoms with E-state index in [0.717, 1.165) is 24.4 Å². The van der Waals surface area contributed by atoms with Crippen molar-refractivity contribution in [3.05, 3.63) is 29.8 Å². The number of benzene rings is 1. The van der Waals surface area contributed by atoms with Crippen LogP contribution in [0.5, 0.6) is 5.75 Å². The first kappa shape index (κ1) is 16.7. The van der Waals surface area contributed by atoms with Gasteiger partial charge in [0.15, 0.2) is 0 Å². The van der Waals surface area contributed by atoms with Crippen molar-refractivity contribution in [1.82, 2.24) is 15.1 Å². The monoisotopic (exact) mass is 333 g/mol. The number of urea groups is 1. The van der Waals surface area contributed by atoms with Crippen LogP contribution in [0.2, 0.25) is 0 Å². The van der Waals surface area contributed by atoms with E-state index >= 15 is 0 Å². The van der Waals surface area contributed by atoms with Crippen molar-refractivity contribution in [3.63, 3.8) is 0 Å². The Balaban J connectivity index is 1.75. The summed E-state index contributed by atoms with van der Waals surface area (Å²) in [7, 11) is 0. The average molecular weight is 333 g/mol. The molecule has 24 heavy (non-hydrogen) atoms. The third-order valence-corrected chi connectivity index (χ3v) is 4.46. The van der Waals surface area contributed by atoms with Gasteiger partial charge in [0.05, 0.1) is 26.5 Å². The zero-order chi connectivity index (χ0) is 17.2. The fraction of sp³-hybridized carbons (Fsp3) is 0.529. The zero-order valence-electron chi connectivity index (χ0n) is 14.1. The smallest absolute Gasteiger partial charge is 0.326 e. The molecule has 2 fully saturated rings. The first-order valence-electron chi connectivity index (χ1n) is 8.22. The summed E-state index contributed by atoms with van der Waals surface area (Å²) in [4.78, 5) is 28.5. The Morgan fingerprint density at radius 3 is 2.50 bits per heavy atom. The summed E-state index contributed by atoms with van der Waals surface area (Å²) < 4.78 is 10.7. The van der Waals surface area contributed by atoms with Gasteiger partial charge in [0.2, 0.25) is 0 Å². The SMILES string of the molecule is CCOc1ccc([C@]2(C)NC(=O)N(CN3CCOCC3)C2=O)cc1. The van der Waals surface area contributed by atoms with E-state index in [4.69, 9.17) is 9.47 Å². The Morgan fingerprint density at radius 2 is 1.88 bits per heavy atom. The Kier molecular flexibility index (Phi) is 4.73. The first-order chi connectivity index (χ1) is 11.5. The number of hydrogen-bond acceptors (Lipinski definition) is 5. The predicted octanol–water partition coefficient (Wildman–Crippen LogP) is 1.14. The van der Waals surface area contributed by atoms with E-state index in [9.17, 15) is 9.59 Å². The molecular formula is C17H23N3O4. The molecule has 2 aliphatic rings. The summed E-state index contributed by atoms with van der Waals surface area (Å²) in [5, 5.41) is 2.83. The van der Waals surface area contributed by atoms with Gasteiger partial charge in [-0.15, -0.1) is 0 Å². The van der Waals surface area contributed by atoms with Crippen molar-refractivity contribution in [2.75, 3.05) is 39.6 Å². The number of imide groups is 1. The number of morpholine rings is 1. The number of carbonyl (C=O) groups is 2. The quantitative estimate of drug-likeness (QED) is 0.818. The number of amides is 3. The highest BCUT2D eigenvalue weighted by atomic mass is 16.5. The minimum atomic E-state index is -1.05. The highest BCUT2D eigenvalue weighted by Gasteiger charge is 2.49. The molecule has 2 heterocycles. The van der Waals surface area contributed by atoms with Crippen LogP contribution in [0.4, 0.5) is 4.79 Å². The molecule has 130 valence electrons. The van der Waals surface area contributed by atoms with Gasteiger partial charge in [-0.3, -0.25) is 9.69 Å². The third kappa shape index (κ3) is 3.09. The molecule has 0 spiro atoms. The Hall–Kier alpha value is -2.12. The zero-order valence-corrected chi connectivity index (χ0v) is 14.1. The maximum Gasteiger partial charge on any atom is 0.326 e. The van der Waals surface area contributed by atoms with Crippen molar-refractivity contribution < 1.29 is 19.1 Å². The highest BCUT2D eigenvalue weighted by molar-refractivity contribution is 6.07. The maximum absolute atomic E-state index is 12.9. The molecule has 0 unspecified atom stereocenters. The molecule has 3 amide bonds. The predicted molar refractivity (Wildman–Crippen MR) is 87.6 cm³/mol. The number of ether oxygens (including phenoxy) is 2. The van der Waals surface area contributed by atoms with Crippen molar-refractivity contribution in [2.24, 2.45) is 0 Å². The average Bonchev–Trinajstić information content (AvgIpc) is 2.81. The Labute approximate surface area is 141 Å². The molecule has 3 rings (SSSR count). The molecule has 2 saturated heterocycles. The third-order valence-electron chi connectivity index (χ3n) is 4.46. The van der Waals surface area contributed by atoms with Crippen LogP contribution in [0.15, 0.2) is 24.3 Å². The highest BCUT2D eigenvalue weighted by Crippen LogP contribution is 2.30. The standard InChI is InChI=1S/C17H23N3O4/c1-3-24-14-6-4-13(5-7-14)17(2)15(21)20(16(22)18-17)12-19-8-10-23-11-9-19/h4-7H,3,8-12H2,1-2H3,(H,18,22)/t17-/m0/s1. The maximum atomic E-state index is 12.9. The van der Waals surface area contributed by atoms with Gasteiger partial charge in [0, 0.05) is 13.1 Å². The van der Waals surface area contributed by atoms with Crippen LogP contribution in [-0.4, -0.2) is 61.3 Å². The van der Waals surface area contributed by atoms with Gasteiger partial charge < -0.3 is 14.8 Å². The van der Waals surface area contributed by atoms with E-state index in [2.05, 4.69) is 5.32 Å². The molecule has 0 radical (unpaired) electrons. The van der Waals surface area contributed by atoms with Gasteiger partial charge in [0.25, 0.3) is 5.91 Å². The van der Waals surface area contributed by atoms with Crippen molar-refractivity contribution in [3.8, 4) is 5.75 Å². The molecule has 1 atom stereocenters. The fourth-order valence-corrected chi connectivity index (χ4v) is 3.01. The molecule has 0 saturated carbocycles. The molecule has 1 N–H and O–H groups in total. The van der Waals surface area contributed by atoms with Crippen LogP contribution in [0.1, 0.15) is 19.4 Å². The van der Waals surface area contributed by atoms with Crippen LogP contribution < -0.4 is 10.1 Å². The molecule has 7 heteroatoms. The van der Waals surface area contributed by atoms with Crippen LogP contribution in [0.25, 0.3) is 0 Å². The lowest BCUT2D eigenvalue weighted by Crippen LogP contribution is -2.47. The second kappa shape index (κ2) is 6.78. The van der Waals surface area contributed by atoms with E-state index in [1.807, 2.05) is 36.1 Å². The van der Waals surface area contributed by atoms with Gasteiger partial charge >= 0.3 is 6.03 Å². The fourth-order valence-electron chi connectivity index (χ4n) is 3.01. The second-order valence-corrected chi connectivity index (χ2v) is 6.12. The van der Waals surface area contributed by atoms with Gasteiger partial charge in [-0.25, -0.2) is 9.69 Å². The van der Waals surface area contributed by atoms with Crippen LogP contribution >= 0.6 is 0 Å². The summed E-state index contributed by atoms with van der Waals surface area (Å²) in [6.07, 6.45) is 0. The first-order valence-corrected chi connectivity index (χ1v) is 8.22. The van der Waals surface area contributed by atoms with Gasteiger partial charge in [-0.2, -0.15) is 0 Å². The van der Waals surface area contributed by atoms with E-state index < -0.39 is 5.54 Å². The number of nitrogens with one attached hydrogen (secondary N) is 1. The van der Waals surface area contributed by atoms with Crippen molar-refractivity contribution >= 4 is 11.9 Å². The summed E-state index contributed by atoms with van der Waals surface area (Å²) in [5.74, 6) is 0.509. The van der Waals surface area contributed by atoms with Gasteiger partial charge in [-0.1, -0.05) is 12.1 Å². The largest absolute Gasteiger partial charge is 0.494 e. The van der Waals surface area contributed by atoms with Crippen molar-refractivity contribution in [2.45, 2.75) is 19.4 Å². The topological polar surface area (TPSA) is 71.1 Å². The minimum Gasteiger partial charge on any atom is -0.494 e. The van der Waals surface area contributed by atoms with E-state index in [0.29, 0.717) is 26.5 Å². The molecule has 2 aliphatic heterocycles. The molecule has 0 bridgehead atoms. The summed E-state index contributed by atoms with van der Waals surface area (Å²) in [6, 6.07) is 6.91. The lowest BCUT2D eigenvalue weighted by atomic mass is 9.92. The molecule has 1 aromatic rings. The molecule has 0 aromatic heterocycles. The van der Waals surface area contributed by atoms with Crippen LogP contribution in [0, 0.1) is 0 Å². The van der Waals surface area contributed by atoms with Gasteiger partial charge in [-0.05, 0) is 31.5 Å². The normalized spacial score (nSPS) is 25.0. The van der Waals surface area contributed by atoms with Gasteiger partial charge in [0.1, 0.15) is 11.3 Å². The summed E-state index contributed by atoms with van der Waals surface area (Å²) in [5.41, 5.74) is -0.303. The minimum absolute atomic E-state index is 0.233. The van der Waals surface area contributed by atoms with E-state index in [1.54, 1.807) is 6.92 Å². The molecular weight excluding hydrogens is 310 g/mol. The summed E-state index contributed by atoms with van der Waals surface area (Å²) in [6.45, 7) is 7.22. The van der Waals surface area contributed by atoms with Crippen molar-refractivity contribution in [1.29, 1.82) is 0 Å². The van der Waals surface area contributed by atoms with E-state index in [1.165, 1.54) is 4.90 Å². The number of carbonyl (C=O) groups excluding carboxylic acids is 2. The summed E-state index contributed by atoms with van der Waals surface area (Å²) >= 11 is 0.